The van der Waals surface area contributed by atoms with Gasteiger partial charge in [-0.1, -0.05) is 79.7 Å². The number of benzene rings is 2. The predicted molar refractivity (Wildman–Crippen MR) is 248 cm³/mol. The van der Waals surface area contributed by atoms with Gasteiger partial charge in [0.05, 0.1) is 14.9 Å². The number of nitrogens with two attached hydrogens (primary N) is 1. The molecule has 20 heteroatoms. The summed E-state index contributed by atoms with van der Waals surface area (Å²) in [5.74, 6) is -1.56. The molecule has 4 aromatic rings. The van der Waals surface area contributed by atoms with Crippen LogP contribution < -0.4 is 22.2 Å². The molecular weight excluding hydrogens is 941 g/mol. The minimum absolute atomic E-state index is 0. The molecule has 0 aliphatic rings. The summed E-state index contributed by atoms with van der Waals surface area (Å²) in [5, 5.41) is 12.1. The summed E-state index contributed by atoms with van der Waals surface area (Å²) in [7, 11) is 6.71. The van der Waals surface area contributed by atoms with Gasteiger partial charge in [0.2, 0.25) is 5.91 Å². The summed E-state index contributed by atoms with van der Waals surface area (Å²) in [6.45, 7) is 7.20. The third-order valence-electron chi connectivity index (χ3n) is 7.73. The Bertz CT molecular complexity index is 2120. The van der Waals surface area contributed by atoms with Crippen molar-refractivity contribution >= 4 is 87.3 Å². The molecule has 0 aliphatic heterocycles. The maximum absolute atomic E-state index is 12.2. The van der Waals surface area contributed by atoms with E-state index in [2.05, 4.69) is 47.1 Å². The Hall–Kier alpha value is -5.53. The molecule has 0 spiro atoms. The Morgan fingerprint density at radius 1 is 0.738 bits per heavy atom. The van der Waals surface area contributed by atoms with Crippen LogP contribution in [0.25, 0.3) is 0 Å². The molecule has 2 aromatic heterocycles. The number of hydrogen-bond acceptors (Lipinski definition) is 10. The van der Waals surface area contributed by atoms with Crippen molar-refractivity contribution in [2.24, 2.45) is 0 Å². The van der Waals surface area contributed by atoms with Gasteiger partial charge in [-0.3, -0.25) is 24.2 Å². The number of hydrogen-bond donors (Lipinski definition) is 5. The number of anilines is 2. The normalized spacial score (nSPS) is 10.5. The highest BCUT2D eigenvalue weighted by Crippen LogP contribution is 2.11. The van der Waals surface area contributed by atoms with Gasteiger partial charge in [0.1, 0.15) is 36.1 Å². The number of amides is 3. The topological polar surface area (TPSA) is 220 Å². The summed E-state index contributed by atoms with van der Waals surface area (Å²) in [6.07, 6.45) is -1.28. The van der Waals surface area contributed by atoms with E-state index in [1.807, 2.05) is 93.5 Å². The zero-order valence-electron chi connectivity index (χ0n) is 34.5. The van der Waals surface area contributed by atoms with Crippen LogP contribution in [0.3, 0.4) is 0 Å². The number of rotatable bonds is 10. The first-order valence-corrected chi connectivity index (χ1v) is 19.6. The number of pyridine rings is 2. The lowest BCUT2D eigenvalue weighted by atomic mass is 10.2. The number of aliphatic carboxylic acids is 1. The second kappa shape index (κ2) is 29.7. The molecule has 16 nitrogen and oxygen atoms in total. The first kappa shape index (κ1) is 57.6. The second-order valence-corrected chi connectivity index (χ2v) is 14.9. The number of aromatic nitrogens is 2. The summed E-state index contributed by atoms with van der Waals surface area (Å²) in [6, 6.07) is 23.0. The molecule has 2 aromatic carbocycles. The number of nitrogens with one attached hydrogen (secondary N) is 3. The van der Waals surface area contributed by atoms with E-state index in [9.17, 15) is 28.8 Å². The zero-order chi connectivity index (χ0) is 44.8. The number of carbonyl (C=O) groups excluding carboxylic acids is 3. The quantitative estimate of drug-likeness (QED) is 0.0596. The van der Waals surface area contributed by atoms with E-state index in [0.717, 1.165) is 26.8 Å². The molecular formula is C41H54BBr2ClN7O9. The van der Waals surface area contributed by atoms with Crippen molar-refractivity contribution in [1.82, 2.24) is 24.7 Å². The molecule has 0 saturated heterocycles. The van der Waals surface area contributed by atoms with Crippen LogP contribution in [0.1, 0.15) is 46.2 Å². The lowest BCUT2D eigenvalue weighted by molar-refractivity contribution is -0.141. The molecule has 3 radical (unpaired) electrons. The minimum atomic E-state index is -1.07. The van der Waals surface area contributed by atoms with Gasteiger partial charge in [-0.05, 0) is 101 Å². The van der Waals surface area contributed by atoms with E-state index in [1.165, 1.54) is 32.0 Å². The van der Waals surface area contributed by atoms with Crippen molar-refractivity contribution < 1.29 is 33.8 Å². The number of nitrogens with zero attached hydrogens (tertiary/aromatic N) is 3. The number of carboxylic acid groups (broad SMARTS) is 1. The van der Waals surface area contributed by atoms with Crippen LogP contribution in [0.2, 0.25) is 0 Å². The van der Waals surface area contributed by atoms with Crippen LogP contribution in [0.4, 0.5) is 21.0 Å². The van der Waals surface area contributed by atoms with Crippen LogP contribution in [-0.4, -0.2) is 103 Å². The van der Waals surface area contributed by atoms with Gasteiger partial charge < -0.3 is 40.5 Å². The molecule has 0 aliphatic carbocycles. The Morgan fingerprint density at radius 3 is 1.49 bits per heavy atom. The van der Waals surface area contributed by atoms with Crippen molar-refractivity contribution in [2.45, 2.75) is 60.4 Å². The lowest BCUT2D eigenvalue weighted by Crippen LogP contribution is -2.43. The fourth-order valence-electron chi connectivity index (χ4n) is 3.99. The van der Waals surface area contributed by atoms with Gasteiger partial charge in [0, 0.05) is 36.6 Å². The van der Waals surface area contributed by atoms with E-state index in [-0.39, 0.29) is 46.0 Å². The van der Waals surface area contributed by atoms with Gasteiger partial charge in [-0.25, -0.2) is 14.4 Å². The third kappa shape index (κ3) is 22.1. The molecule has 3 amide bonds. The Labute approximate surface area is 380 Å². The van der Waals surface area contributed by atoms with Crippen LogP contribution in [-0.2, 0) is 32.3 Å². The first-order valence-electron chi connectivity index (χ1n) is 17.6. The summed E-state index contributed by atoms with van der Waals surface area (Å²) in [4.78, 5) is 78.0. The smallest absolute Gasteiger partial charge is 0.410 e. The molecule has 0 saturated carbocycles. The van der Waals surface area contributed by atoms with Crippen molar-refractivity contribution in [1.29, 1.82) is 0 Å². The Balaban J connectivity index is 0. The van der Waals surface area contributed by atoms with E-state index in [4.69, 9.17) is 31.9 Å². The number of aromatic amines is 2. The number of H-pyrrole nitrogens is 2. The van der Waals surface area contributed by atoms with Gasteiger partial charge >= 0.3 is 18.2 Å². The largest absolute Gasteiger partial charge is 0.480 e. The number of allylic oxidation sites excluding steroid dienone is 1. The van der Waals surface area contributed by atoms with E-state index in [1.54, 1.807) is 25.1 Å². The zero-order valence-corrected chi connectivity index (χ0v) is 38.4. The van der Waals surface area contributed by atoms with Crippen LogP contribution in [0.5, 0.6) is 0 Å². The lowest BCUT2D eigenvalue weighted by Gasteiger charge is -2.23. The Morgan fingerprint density at radius 2 is 1.15 bits per heavy atom. The van der Waals surface area contributed by atoms with E-state index >= 15 is 0 Å². The monoisotopic (exact) mass is 992 g/mol. The molecule has 0 bridgehead atoms. The number of nitrogen functional groups attached to an aromatic ring is 1. The van der Waals surface area contributed by atoms with Gasteiger partial charge in [0.25, 0.3) is 11.1 Å². The summed E-state index contributed by atoms with van der Waals surface area (Å²) < 4.78 is 11.3. The molecule has 2 atom stereocenters. The number of ether oxygens (including phenoxy) is 2. The van der Waals surface area contributed by atoms with Crippen LogP contribution >= 0.6 is 43.5 Å². The maximum Gasteiger partial charge on any atom is 0.410 e. The number of halogens is 3. The molecule has 331 valence electrons. The van der Waals surface area contributed by atoms with Crippen LogP contribution in [0, 0.1) is 0 Å². The van der Waals surface area contributed by atoms with Crippen molar-refractivity contribution in [2.75, 3.05) is 39.2 Å². The van der Waals surface area contributed by atoms with Crippen LogP contribution in [0.15, 0.2) is 114 Å². The number of carbonyl (C=O) groups is 4. The molecule has 2 heterocycles. The fraction of sp³-hybridized carbons (Fsp3) is 0.317. The summed E-state index contributed by atoms with van der Waals surface area (Å²) >= 11 is 12.0. The average Bonchev–Trinajstić information content (AvgIpc) is 3.21. The number of carboxylic acids is 1. The molecule has 4 rings (SSSR count). The maximum atomic E-state index is 12.2. The average molecular weight is 995 g/mol. The molecule has 61 heavy (non-hydrogen) atoms. The standard InChI is InChI=1S/C17H18BrN3O4.C12H15NO4.C6H12ClN.C5H5BrN2O.CH4.B/c1-11(15(22)19-13-8-9-14(18)20-16(13)23)21(2)17(24)25-10-12-6-4-3-5-7-12;1-9(11(14)15)13(2)12(16)17-8-10-6-4-3-5-7-10;1-5(2)6(7)8(3)4;6-4-2-1-3(7)5(9)8-4;;/h3-9,11H,10H2,1-2H3,(H,19,22)(H,20,23);3-7,9H,8H2,1-2H3,(H,14,15);1-4H3;1-2H,7H2,(H,8,9);1H4;/t11-;9-;;;;/m00..../s1. The van der Waals surface area contributed by atoms with Crippen molar-refractivity contribution in [3.63, 3.8) is 0 Å². The summed E-state index contributed by atoms with van der Waals surface area (Å²) in [5.41, 5.74) is 7.72. The number of likely N-dealkylation sites (N-methyl/N-ethyl adjacent to an activating group) is 2. The third-order valence-corrected chi connectivity index (χ3v) is 9.37. The van der Waals surface area contributed by atoms with E-state index in [0.29, 0.717) is 9.21 Å². The first-order chi connectivity index (χ1) is 27.7. The van der Waals surface area contributed by atoms with E-state index < -0.39 is 41.7 Å². The second-order valence-electron chi connectivity index (χ2n) is 12.8. The van der Waals surface area contributed by atoms with Crippen molar-refractivity contribution in [3.8, 4) is 0 Å². The highest BCUT2D eigenvalue weighted by Gasteiger charge is 2.25. The SMILES string of the molecule is C.CC(C)=C(Cl)N(C)C.C[C@@H](C(=O)Nc1ccc(Br)[nH]c1=O)N(C)C(=O)OCc1ccccc1.C[C@@H](C(=O)O)N(C)C(=O)OCc1ccccc1.Nc1ccc(Br)[nH]c1=O.[B]. The van der Waals surface area contributed by atoms with Gasteiger partial charge in [-0.15, -0.1) is 0 Å². The van der Waals surface area contributed by atoms with Gasteiger partial charge in [-0.2, -0.15) is 0 Å². The highest BCUT2D eigenvalue weighted by atomic mass is 79.9. The predicted octanol–water partition coefficient (Wildman–Crippen LogP) is 7.47. The molecule has 0 fully saturated rings. The Kier molecular flexibility index (Phi) is 28.0. The highest BCUT2D eigenvalue weighted by molar-refractivity contribution is 9.10. The van der Waals surface area contributed by atoms with Gasteiger partial charge in [0.15, 0.2) is 0 Å². The minimum Gasteiger partial charge on any atom is -0.480 e. The molecule has 0 unspecified atom stereocenters. The molecule has 6 N–H and O–H groups in total. The fourth-order valence-corrected chi connectivity index (χ4v) is 4.62. The van der Waals surface area contributed by atoms with Crippen molar-refractivity contribution in [3.05, 3.63) is 137 Å².